The summed E-state index contributed by atoms with van der Waals surface area (Å²) in [6, 6.07) is 0. The molecule has 0 saturated heterocycles. The quantitative estimate of drug-likeness (QED) is 0.512. The highest BCUT2D eigenvalue weighted by Crippen LogP contribution is 1.88. The van der Waals surface area contributed by atoms with Gasteiger partial charge in [-0.2, -0.15) is 0 Å². The van der Waals surface area contributed by atoms with Gasteiger partial charge in [-0.3, -0.25) is 0 Å². The van der Waals surface area contributed by atoms with Crippen molar-refractivity contribution < 1.29 is 0 Å². The van der Waals surface area contributed by atoms with Crippen LogP contribution in [0.4, 0.5) is 0 Å². The first kappa shape index (κ1) is 10.2. The van der Waals surface area contributed by atoms with Gasteiger partial charge in [-0.1, -0.05) is 13.8 Å². The van der Waals surface area contributed by atoms with Crippen LogP contribution in [0.1, 0.15) is 13.8 Å². The first-order chi connectivity index (χ1) is 5.20. The summed E-state index contributed by atoms with van der Waals surface area (Å²) in [5.41, 5.74) is 6.17. The van der Waals surface area contributed by atoms with Crippen LogP contribution in [0.5, 0.6) is 0 Å². The van der Waals surface area contributed by atoms with Crippen LogP contribution in [0.25, 0.3) is 0 Å². The Hall–Kier alpha value is -0.830. The lowest BCUT2D eigenvalue weighted by molar-refractivity contribution is 0.610. The van der Waals surface area contributed by atoms with Crippen molar-refractivity contribution >= 4 is 6.21 Å². The van der Waals surface area contributed by atoms with Gasteiger partial charge in [0.05, 0.1) is 0 Å². The van der Waals surface area contributed by atoms with E-state index in [1.54, 1.807) is 6.20 Å². The van der Waals surface area contributed by atoms with E-state index in [2.05, 4.69) is 19.2 Å². The third-order valence-corrected chi connectivity index (χ3v) is 1.23. The Morgan fingerprint density at radius 3 is 2.64 bits per heavy atom. The van der Waals surface area contributed by atoms with Crippen LogP contribution in [0.2, 0.25) is 0 Å². The summed E-state index contributed by atoms with van der Waals surface area (Å²) in [4.78, 5) is 0. The second-order valence-electron chi connectivity index (χ2n) is 2.87. The van der Waals surface area contributed by atoms with E-state index in [0.717, 1.165) is 12.1 Å². The fourth-order valence-corrected chi connectivity index (χ4v) is 0.585. The highest BCUT2D eigenvalue weighted by atomic mass is 14.8. The van der Waals surface area contributed by atoms with Gasteiger partial charge < -0.3 is 16.5 Å². The van der Waals surface area contributed by atoms with Crippen LogP contribution in [-0.4, -0.2) is 19.3 Å². The normalized spacial score (nSPS) is 11.8. The molecule has 0 unspecified atom stereocenters. The van der Waals surface area contributed by atoms with Crippen molar-refractivity contribution in [2.75, 3.05) is 13.1 Å². The standard InChI is InChI=1S/C8H17N3/c1-7(2)5-11-6-8(3-9)4-10/h3,6-7,9,11H,4-5,10H2,1-2H3/b8-6+,9-3?. The molecule has 0 atom stereocenters. The molecule has 3 heteroatoms. The fraction of sp³-hybridized carbons (Fsp3) is 0.625. The summed E-state index contributed by atoms with van der Waals surface area (Å²) >= 11 is 0. The van der Waals surface area contributed by atoms with Crippen LogP contribution in [0.15, 0.2) is 11.8 Å². The lowest BCUT2D eigenvalue weighted by Gasteiger charge is -2.04. The molecule has 0 rings (SSSR count). The number of nitrogens with one attached hydrogen (secondary N) is 2. The molecule has 0 fully saturated rings. The summed E-state index contributed by atoms with van der Waals surface area (Å²) in [7, 11) is 0. The fourth-order valence-electron chi connectivity index (χ4n) is 0.585. The van der Waals surface area contributed by atoms with Gasteiger partial charge in [0.15, 0.2) is 0 Å². The molecule has 0 aromatic carbocycles. The van der Waals surface area contributed by atoms with E-state index >= 15 is 0 Å². The summed E-state index contributed by atoms with van der Waals surface area (Å²) in [5.74, 6) is 0.621. The zero-order valence-corrected chi connectivity index (χ0v) is 7.22. The second-order valence-corrected chi connectivity index (χ2v) is 2.87. The smallest absolute Gasteiger partial charge is 0.0237 e. The van der Waals surface area contributed by atoms with Crippen LogP contribution in [0, 0.1) is 11.3 Å². The number of hydrogen-bond acceptors (Lipinski definition) is 3. The van der Waals surface area contributed by atoms with Crippen LogP contribution in [-0.2, 0) is 0 Å². The van der Waals surface area contributed by atoms with Crippen molar-refractivity contribution in [3.05, 3.63) is 11.8 Å². The number of nitrogens with two attached hydrogens (primary N) is 1. The van der Waals surface area contributed by atoms with Crippen molar-refractivity contribution in [3.63, 3.8) is 0 Å². The van der Waals surface area contributed by atoms with E-state index in [1.807, 2.05) is 0 Å². The van der Waals surface area contributed by atoms with Gasteiger partial charge in [0, 0.05) is 25.5 Å². The monoisotopic (exact) mass is 155 g/mol. The minimum Gasteiger partial charge on any atom is -0.390 e. The van der Waals surface area contributed by atoms with E-state index in [4.69, 9.17) is 11.1 Å². The molecule has 11 heavy (non-hydrogen) atoms. The van der Waals surface area contributed by atoms with Gasteiger partial charge in [-0.05, 0) is 11.5 Å². The van der Waals surface area contributed by atoms with Crippen molar-refractivity contribution in [1.29, 1.82) is 5.41 Å². The molecule has 64 valence electrons. The molecule has 4 N–H and O–H groups in total. The first-order valence-corrected chi connectivity index (χ1v) is 3.83. The van der Waals surface area contributed by atoms with Crippen molar-refractivity contribution in [2.24, 2.45) is 11.7 Å². The maximum Gasteiger partial charge on any atom is 0.0237 e. The molecular formula is C8H17N3. The Kier molecular flexibility index (Phi) is 5.47. The number of rotatable bonds is 5. The van der Waals surface area contributed by atoms with Crippen LogP contribution < -0.4 is 11.1 Å². The average Bonchev–Trinajstić information content (AvgIpc) is 1.98. The average molecular weight is 155 g/mol. The molecule has 0 heterocycles. The van der Waals surface area contributed by atoms with Gasteiger partial charge >= 0.3 is 0 Å². The molecule has 0 saturated carbocycles. The van der Waals surface area contributed by atoms with Crippen molar-refractivity contribution in [2.45, 2.75) is 13.8 Å². The molecule has 0 amide bonds. The van der Waals surface area contributed by atoms with Gasteiger partial charge in [0.25, 0.3) is 0 Å². The first-order valence-electron chi connectivity index (χ1n) is 3.83. The molecule has 3 nitrogen and oxygen atoms in total. The maximum absolute atomic E-state index is 6.93. The van der Waals surface area contributed by atoms with Crippen LogP contribution in [0.3, 0.4) is 0 Å². The van der Waals surface area contributed by atoms with E-state index in [0.29, 0.717) is 12.5 Å². The van der Waals surface area contributed by atoms with E-state index in [9.17, 15) is 0 Å². The Balaban J connectivity index is 3.61. The predicted octanol–water partition coefficient (Wildman–Crippen LogP) is 0.724. The summed E-state index contributed by atoms with van der Waals surface area (Å²) in [6.07, 6.45) is 3.07. The predicted molar refractivity (Wildman–Crippen MR) is 48.8 cm³/mol. The summed E-state index contributed by atoms with van der Waals surface area (Å²) in [5, 5.41) is 10.0. The van der Waals surface area contributed by atoms with Gasteiger partial charge in [-0.25, -0.2) is 0 Å². The molecular weight excluding hydrogens is 138 g/mol. The SMILES string of the molecule is CC(C)CN/C=C(\C=N)CN. The lowest BCUT2D eigenvalue weighted by atomic mass is 10.2. The van der Waals surface area contributed by atoms with Gasteiger partial charge in [-0.15, -0.1) is 0 Å². The highest BCUT2D eigenvalue weighted by molar-refractivity contribution is 5.75. The highest BCUT2D eigenvalue weighted by Gasteiger charge is 1.90. The Morgan fingerprint density at radius 2 is 2.27 bits per heavy atom. The lowest BCUT2D eigenvalue weighted by Crippen LogP contribution is -2.16. The van der Waals surface area contributed by atoms with Gasteiger partial charge in [0.2, 0.25) is 0 Å². The molecule has 0 bridgehead atoms. The third kappa shape index (κ3) is 5.61. The second kappa shape index (κ2) is 5.92. The molecule has 0 aromatic rings. The van der Waals surface area contributed by atoms with E-state index in [1.165, 1.54) is 6.21 Å². The minimum atomic E-state index is 0.425. The van der Waals surface area contributed by atoms with E-state index in [-0.39, 0.29) is 0 Å². The third-order valence-electron chi connectivity index (χ3n) is 1.23. The zero-order chi connectivity index (χ0) is 8.69. The summed E-state index contributed by atoms with van der Waals surface area (Å²) < 4.78 is 0. The largest absolute Gasteiger partial charge is 0.390 e. The molecule has 0 radical (unpaired) electrons. The topological polar surface area (TPSA) is 61.9 Å². The van der Waals surface area contributed by atoms with Gasteiger partial charge in [0.1, 0.15) is 0 Å². The zero-order valence-electron chi connectivity index (χ0n) is 7.22. The Bertz CT molecular complexity index is 138. The molecule has 0 spiro atoms. The molecule has 0 aliphatic heterocycles. The van der Waals surface area contributed by atoms with Crippen molar-refractivity contribution in [3.8, 4) is 0 Å². The molecule has 0 aliphatic carbocycles. The molecule has 0 aromatic heterocycles. The molecule has 0 aliphatic rings. The Labute approximate surface area is 68.2 Å². The maximum atomic E-state index is 6.93. The van der Waals surface area contributed by atoms with E-state index < -0.39 is 0 Å². The Morgan fingerprint density at radius 1 is 1.64 bits per heavy atom. The van der Waals surface area contributed by atoms with Crippen LogP contribution >= 0.6 is 0 Å². The van der Waals surface area contributed by atoms with Crippen molar-refractivity contribution in [1.82, 2.24) is 5.32 Å². The minimum absolute atomic E-state index is 0.425. The number of hydrogen-bond donors (Lipinski definition) is 3. The summed E-state index contributed by atoms with van der Waals surface area (Å²) in [6.45, 7) is 5.62.